The van der Waals surface area contributed by atoms with Gasteiger partial charge in [-0.3, -0.25) is 4.79 Å². The molecule has 0 saturated heterocycles. The molecule has 1 aromatic rings. The quantitative estimate of drug-likeness (QED) is 0.823. The molecule has 0 aliphatic heterocycles. The molecule has 0 heterocycles. The highest BCUT2D eigenvalue weighted by molar-refractivity contribution is 5.91. The maximum atomic E-state index is 11.5. The van der Waals surface area contributed by atoms with Crippen LogP contribution in [0.4, 0.5) is 5.69 Å². The molecule has 17 heavy (non-hydrogen) atoms. The summed E-state index contributed by atoms with van der Waals surface area (Å²) in [5, 5.41) is 2.84. The fourth-order valence-corrected chi connectivity index (χ4v) is 1.64. The first-order valence-corrected chi connectivity index (χ1v) is 6.18. The van der Waals surface area contributed by atoms with Gasteiger partial charge in [0.1, 0.15) is 0 Å². The summed E-state index contributed by atoms with van der Waals surface area (Å²) in [4.78, 5) is 11.5. The first kappa shape index (κ1) is 13.7. The van der Waals surface area contributed by atoms with Gasteiger partial charge >= 0.3 is 0 Å². The van der Waals surface area contributed by atoms with E-state index >= 15 is 0 Å². The summed E-state index contributed by atoms with van der Waals surface area (Å²) in [5.74, 6) is 0.528. The number of hydrogen-bond donors (Lipinski definition) is 2. The summed E-state index contributed by atoms with van der Waals surface area (Å²) in [5.41, 5.74) is 7.71. The van der Waals surface area contributed by atoms with Crippen molar-refractivity contribution in [3.05, 3.63) is 29.8 Å². The molecule has 0 aliphatic rings. The molecule has 2 unspecified atom stereocenters. The van der Waals surface area contributed by atoms with Crippen LogP contribution < -0.4 is 11.1 Å². The molecule has 0 saturated carbocycles. The van der Waals surface area contributed by atoms with Crippen LogP contribution in [0, 0.1) is 0 Å². The van der Waals surface area contributed by atoms with Crippen molar-refractivity contribution in [3.63, 3.8) is 0 Å². The SMILES string of the molecule is CCC(C)c1ccc(NC(=O)CC(C)N)cc1. The van der Waals surface area contributed by atoms with Crippen LogP contribution in [0.5, 0.6) is 0 Å². The van der Waals surface area contributed by atoms with E-state index in [0.29, 0.717) is 12.3 Å². The lowest BCUT2D eigenvalue weighted by Crippen LogP contribution is -2.23. The van der Waals surface area contributed by atoms with Gasteiger partial charge in [-0.05, 0) is 37.0 Å². The number of anilines is 1. The number of nitrogens with two attached hydrogens (primary N) is 1. The molecular weight excluding hydrogens is 212 g/mol. The highest BCUT2D eigenvalue weighted by atomic mass is 16.1. The Labute approximate surface area is 103 Å². The Kier molecular flexibility index (Phi) is 5.16. The van der Waals surface area contributed by atoms with E-state index in [2.05, 4.69) is 31.3 Å². The van der Waals surface area contributed by atoms with Crippen molar-refractivity contribution < 1.29 is 4.79 Å². The molecule has 3 nitrogen and oxygen atoms in total. The molecule has 1 amide bonds. The van der Waals surface area contributed by atoms with E-state index in [0.717, 1.165) is 12.1 Å². The Hall–Kier alpha value is -1.35. The average Bonchev–Trinajstić information content (AvgIpc) is 2.28. The molecule has 94 valence electrons. The fourth-order valence-electron chi connectivity index (χ4n) is 1.64. The maximum absolute atomic E-state index is 11.5. The second-order valence-electron chi connectivity index (χ2n) is 4.66. The molecule has 1 aromatic carbocycles. The van der Waals surface area contributed by atoms with Crippen LogP contribution in [0.3, 0.4) is 0 Å². The summed E-state index contributed by atoms with van der Waals surface area (Å²) >= 11 is 0. The van der Waals surface area contributed by atoms with Crippen LogP contribution >= 0.6 is 0 Å². The third kappa shape index (κ3) is 4.57. The second kappa shape index (κ2) is 6.40. The van der Waals surface area contributed by atoms with Gasteiger partial charge in [0.05, 0.1) is 0 Å². The smallest absolute Gasteiger partial charge is 0.225 e. The largest absolute Gasteiger partial charge is 0.327 e. The summed E-state index contributed by atoms with van der Waals surface area (Å²) in [7, 11) is 0. The average molecular weight is 234 g/mol. The maximum Gasteiger partial charge on any atom is 0.225 e. The van der Waals surface area contributed by atoms with Gasteiger partial charge in [0.15, 0.2) is 0 Å². The molecule has 0 aliphatic carbocycles. The van der Waals surface area contributed by atoms with Crippen LogP contribution in [0.15, 0.2) is 24.3 Å². The van der Waals surface area contributed by atoms with E-state index in [-0.39, 0.29) is 11.9 Å². The van der Waals surface area contributed by atoms with Gasteiger partial charge in [0.2, 0.25) is 5.91 Å². The first-order valence-electron chi connectivity index (χ1n) is 6.18. The van der Waals surface area contributed by atoms with Gasteiger partial charge in [-0.1, -0.05) is 26.0 Å². The first-order chi connectivity index (χ1) is 8.02. The summed E-state index contributed by atoms with van der Waals surface area (Å²) in [6.07, 6.45) is 1.48. The number of carbonyl (C=O) groups is 1. The Bertz CT molecular complexity index is 357. The molecular formula is C14H22N2O. The van der Waals surface area contributed by atoms with E-state index in [1.807, 2.05) is 19.1 Å². The molecule has 0 spiro atoms. The summed E-state index contributed by atoms with van der Waals surface area (Å²) in [6.45, 7) is 6.19. The predicted octanol–water partition coefficient (Wildman–Crippen LogP) is 2.88. The van der Waals surface area contributed by atoms with E-state index in [1.165, 1.54) is 5.56 Å². The third-order valence-electron chi connectivity index (χ3n) is 2.88. The lowest BCUT2D eigenvalue weighted by molar-refractivity contribution is -0.116. The molecule has 3 N–H and O–H groups in total. The van der Waals surface area contributed by atoms with E-state index in [4.69, 9.17) is 5.73 Å². The minimum absolute atomic E-state index is 0.0312. The molecule has 2 atom stereocenters. The van der Waals surface area contributed by atoms with Gasteiger partial charge in [-0.25, -0.2) is 0 Å². The molecule has 1 rings (SSSR count). The van der Waals surface area contributed by atoms with E-state index in [9.17, 15) is 4.79 Å². The van der Waals surface area contributed by atoms with Crippen molar-refractivity contribution in [1.29, 1.82) is 0 Å². The molecule has 3 heteroatoms. The minimum Gasteiger partial charge on any atom is -0.327 e. The third-order valence-corrected chi connectivity index (χ3v) is 2.88. The number of amides is 1. The van der Waals surface area contributed by atoms with Gasteiger partial charge in [0.25, 0.3) is 0 Å². The second-order valence-corrected chi connectivity index (χ2v) is 4.66. The van der Waals surface area contributed by atoms with Crippen molar-refractivity contribution >= 4 is 11.6 Å². The fraction of sp³-hybridized carbons (Fsp3) is 0.500. The van der Waals surface area contributed by atoms with Crippen LogP contribution in [0.2, 0.25) is 0 Å². The summed E-state index contributed by atoms with van der Waals surface area (Å²) in [6, 6.07) is 7.92. The lowest BCUT2D eigenvalue weighted by atomic mass is 9.99. The standard InChI is InChI=1S/C14H22N2O/c1-4-10(2)12-5-7-13(8-6-12)16-14(17)9-11(3)15/h5-8,10-11H,4,9,15H2,1-3H3,(H,16,17). The molecule has 0 bridgehead atoms. The highest BCUT2D eigenvalue weighted by Gasteiger charge is 2.06. The monoisotopic (exact) mass is 234 g/mol. The van der Waals surface area contributed by atoms with E-state index < -0.39 is 0 Å². The zero-order chi connectivity index (χ0) is 12.8. The summed E-state index contributed by atoms with van der Waals surface area (Å²) < 4.78 is 0. The normalized spacial score (nSPS) is 14.1. The van der Waals surface area contributed by atoms with Crippen LogP contribution in [0.25, 0.3) is 0 Å². The minimum atomic E-state index is -0.102. The predicted molar refractivity (Wildman–Crippen MR) is 72.0 cm³/mol. The molecule has 0 aromatic heterocycles. The number of rotatable bonds is 5. The van der Waals surface area contributed by atoms with Crippen LogP contribution in [-0.4, -0.2) is 11.9 Å². The van der Waals surface area contributed by atoms with Gasteiger partial charge in [-0.2, -0.15) is 0 Å². The van der Waals surface area contributed by atoms with Crippen LogP contribution in [-0.2, 0) is 4.79 Å². The topological polar surface area (TPSA) is 55.1 Å². The molecule has 0 radical (unpaired) electrons. The van der Waals surface area contributed by atoms with Crippen molar-refractivity contribution in [2.24, 2.45) is 5.73 Å². The zero-order valence-corrected chi connectivity index (χ0v) is 10.9. The lowest BCUT2D eigenvalue weighted by Gasteiger charge is -2.11. The van der Waals surface area contributed by atoms with Crippen LogP contribution in [0.1, 0.15) is 45.1 Å². The zero-order valence-electron chi connectivity index (χ0n) is 10.9. The van der Waals surface area contributed by atoms with Gasteiger partial charge < -0.3 is 11.1 Å². The van der Waals surface area contributed by atoms with Crippen molar-refractivity contribution in [1.82, 2.24) is 0 Å². The van der Waals surface area contributed by atoms with Gasteiger partial charge in [-0.15, -0.1) is 0 Å². The Morgan fingerprint density at radius 1 is 1.29 bits per heavy atom. The van der Waals surface area contributed by atoms with Crippen molar-refractivity contribution in [2.75, 3.05) is 5.32 Å². The molecule has 0 fully saturated rings. The van der Waals surface area contributed by atoms with Crippen molar-refractivity contribution in [2.45, 2.75) is 45.6 Å². The highest BCUT2D eigenvalue weighted by Crippen LogP contribution is 2.20. The van der Waals surface area contributed by atoms with Gasteiger partial charge in [0, 0.05) is 18.2 Å². The number of hydrogen-bond acceptors (Lipinski definition) is 2. The Balaban J connectivity index is 2.59. The van der Waals surface area contributed by atoms with Crippen molar-refractivity contribution in [3.8, 4) is 0 Å². The number of nitrogens with one attached hydrogen (secondary N) is 1. The Morgan fingerprint density at radius 3 is 2.35 bits per heavy atom. The number of carbonyl (C=O) groups excluding carboxylic acids is 1. The van der Waals surface area contributed by atoms with E-state index in [1.54, 1.807) is 0 Å². The Morgan fingerprint density at radius 2 is 1.88 bits per heavy atom. The number of benzene rings is 1.